The fourth-order valence-corrected chi connectivity index (χ4v) is 2.04. The van der Waals surface area contributed by atoms with Crippen LogP contribution in [-0.2, 0) is 0 Å². The lowest BCUT2D eigenvalue weighted by atomic mass is 10.0. The number of nitrogens with zero attached hydrogens (tertiary/aromatic N) is 1. The highest BCUT2D eigenvalue weighted by Crippen LogP contribution is 2.34. The Balaban J connectivity index is 2.17. The number of hydrogen-bond donors (Lipinski definition) is 2. The van der Waals surface area contributed by atoms with Gasteiger partial charge in [0.25, 0.3) is 5.56 Å². The number of ether oxygens (including phenoxy) is 2. The molecule has 7 heteroatoms. The van der Waals surface area contributed by atoms with Crippen LogP contribution in [-0.4, -0.2) is 34.5 Å². The largest absolute Gasteiger partial charge is 0.486 e. The second-order valence-corrected chi connectivity index (χ2v) is 4.15. The number of fused-ring (bicyclic) bond motifs is 1. The molecule has 1 aromatic heterocycles. The number of rotatable bonds is 2. The van der Waals surface area contributed by atoms with Gasteiger partial charge >= 0.3 is 5.97 Å². The molecule has 1 aliphatic heterocycles. The van der Waals surface area contributed by atoms with Crippen LogP contribution in [0.3, 0.4) is 0 Å². The number of nitrogens with one attached hydrogen (secondary N) is 1. The zero-order chi connectivity index (χ0) is 14.1. The number of aromatic carboxylic acids is 1. The fraction of sp³-hybridized carbons (Fsp3) is 0.154. The van der Waals surface area contributed by atoms with Gasteiger partial charge in [-0.3, -0.25) is 4.79 Å². The molecule has 1 aliphatic rings. The number of carboxylic acid groups (broad SMARTS) is 1. The zero-order valence-electron chi connectivity index (χ0n) is 10.3. The van der Waals surface area contributed by atoms with Gasteiger partial charge in [-0.25, -0.2) is 9.89 Å². The van der Waals surface area contributed by atoms with Crippen LogP contribution in [0.5, 0.6) is 11.5 Å². The molecule has 102 valence electrons. The number of carbonyl (C=O) groups is 1. The molecule has 0 radical (unpaired) electrons. The molecule has 3 rings (SSSR count). The lowest BCUT2D eigenvalue weighted by Crippen LogP contribution is -2.20. The highest BCUT2D eigenvalue weighted by molar-refractivity contribution is 5.95. The number of benzene rings is 1. The zero-order valence-corrected chi connectivity index (χ0v) is 10.3. The van der Waals surface area contributed by atoms with Crippen molar-refractivity contribution in [3.63, 3.8) is 0 Å². The Hall–Kier alpha value is -2.83. The number of aromatic amines is 1. The van der Waals surface area contributed by atoms with E-state index in [9.17, 15) is 9.59 Å². The third kappa shape index (κ3) is 1.99. The van der Waals surface area contributed by atoms with Crippen molar-refractivity contribution in [2.45, 2.75) is 0 Å². The van der Waals surface area contributed by atoms with Gasteiger partial charge in [0.2, 0.25) is 0 Å². The van der Waals surface area contributed by atoms with E-state index in [-0.39, 0.29) is 11.1 Å². The van der Waals surface area contributed by atoms with E-state index < -0.39 is 11.5 Å². The van der Waals surface area contributed by atoms with Gasteiger partial charge in [-0.2, -0.15) is 5.10 Å². The summed E-state index contributed by atoms with van der Waals surface area (Å²) in [5, 5.41) is 14.9. The molecule has 0 saturated heterocycles. The summed E-state index contributed by atoms with van der Waals surface area (Å²) in [5.41, 5.74) is -0.329. The Morgan fingerprint density at radius 2 is 2.00 bits per heavy atom. The molecular weight excluding hydrogens is 264 g/mol. The lowest BCUT2D eigenvalue weighted by Gasteiger charge is -2.19. The molecule has 2 N–H and O–H groups in total. The predicted octanol–water partition coefficient (Wildman–Crippen LogP) is 0.906. The second-order valence-electron chi connectivity index (χ2n) is 4.15. The van der Waals surface area contributed by atoms with Crippen LogP contribution in [0, 0.1) is 0 Å². The molecule has 7 nitrogen and oxygen atoms in total. The molecule has 0 unspecified atom stereocenters. The summed E-state index contributed by atoms with van der Waals surface area (Å²) in [6.45, 7) is 0.898. The summed E-state index contributed by atoms with van der Waals surface area (Å²) in [6.07, 6.45) is 1.30. The third-order valence-corrected chi connectivity index (χ3v) is 2.92. The van der Waals surface area contributed by atoms with Crippen LogP contribution in [0.4, 0.5) is 0 Å². The molecule has 0 aliphatic carbocycles. The molecule has 0 spiro atoms. The maximum Gasteiger partial charge on any atom is 0.342 e. The molecule has 0 amide bonds. The fourth-order valence-electron chi connectivity index (χ4n) is 2.04. The summed E-state index contributed by atoms with van der Waals surface area (Å²) in [6, 6.07) is 4.98. The second kappa shape index (κ2) is 4.69. The van der Waals surface area contributed by atoms with Crippen LogP contribution >= 0.6 is 0 Å². The van der Waals surface area contributed by atoms with Crippen LogP contribution in [0.25, 0.3) is 11.1 Å². The van der Waals surface area contributed by atoms with E-state index in [2.05, 4.69) is 10.2 Å². The Morgan fingerprint density at radius 1 is 1.25 bits per heavy atom. The van der Waals surface area contributed by atoms with Crippen molar-refractivity contribution in [2.75, 3.05) is 13.2 Å². The minimum absolute atomic E-state index is 0.234. The van der Waals surface area contributed by atoms with Crippen LogP contribution in [0.2, 0.25) is 0 Å². The van der Waals surface area contributed by atoms with Crippen molar-refractivity contribution in [3.05, 3.63) is 40.3 Å². The lowest BCUT2D eigenvalue weighted by molar-refractivity contribution is 0.0695. The van der Waals surface area contributed by atoms with E-state index in [1.165, 1.54) is 6.20 Å². The number of H-pyrrole nitrogens is 1. The average molecular weight is 274 g/mol. The molecule has 2 heterocycles. The summed E-state index contributed by atoms with van der Waals surface area (Å²) in [7, 11) is 0. The van der Waals surface area contributed by atoms with Gasteiger partial charge in [-0.1, -0.05) is 6.07 Å². The first-order chi connectivity index (χ1) is 9.66. The first kappa shape index (κ1) is 12.2. The van der Waals surface area contributed by atoms with E-state index in [1.807, 2.05) is 0 Å². The average Bonchev–Trinajstić information content (AvgIpc) is 2.46. The Labute approximate surface area is 112 Å². The van der Waals surface area contributed by atoms with Gasteiger partial charge in [0.15, 0.2) is 11.5 Å². The number of carboxylic acids is 1. The maximum atomic E-state index is 11.6. The van der Waals surface area contributed by atoms with Crippen LogP contribution in [0.15, 0.2) is 29.2 Å². The Kier molecular flexibility index (Phi) is 2.86. The topological polar surface area (TPSA) is 102 Å². The Bertz CT molecular complexity index is 738. The van der Waals surface area contributed by atoms with E-state index >= 15 is 0 Å². The van der Waals surface area contributed by atoms with E-state index in [4.69, 9.17) is 14.6 Å². The highest BCUT2D eigenvalue weighted by atomic mass is 16.6. The Morgan fingerprint density at radius 3 is 2.75 bits per heavy atom. The third-order valence-electron chi connectivity index (χ3n) is 2.92. The highest BCUT2D eigenvalue weighted by Gasteiger charge is 2.19. The summed E-state index contributed by atoms with van der Waals surface area (Å²) in [5.74, 6) is -0.196. The maximum absolute atomic E-state index is 11.6. The SMILES string of the molecule is O=C(O)c1c(-c2ccc3c(c2)OCCO3)cn[nH]c1=O. The van der Waals surface area contributed by atoms with Crippen molar-refractivity contribution < 1.29 is 19.4 Å². The van der Waals surface area contributed by atoms with Crippen molar-refractivity contribution in [3.8, 4) is 22.6 Å². The van der Waals surface area contributed by atoms with Gasteiger partial charge in [-0.05, 0) is 17.7 Å². The summed E-state index contributed by atoms with van der Waals surface area (Å²) >= 11 is 0. The molecular formula is C13H10N2O5. The van der Waals surface area contributed by atoms with E-state index in [0.29, 0.717) is 30.3 Å². The molecule has 2 aromatic rings. The minimum atomic E-state index is -1.31. The van der Waals surface area contributed by atoms with E-state index in [0.717, 1.165) is 0 Å². The van der Waals surface area contributed by atoms with Crippen LogP contribution < -0.4 is 15.0 Å². The predicted molar refractivity (Wildman–Crippen MR) is 68.2 cm³/mol. The number of hydrogen-bond acceptors (Lipinski definition) is 5. The molecule has 20 heavy (non-hydrogen) atoms. The van der Waals surface area contributed by atoms with Crippen LogP contribution in [0.1, 0.15) is 10.4 Å². The summed E-state index contributed by atoms with van der Waals surface area (Å²) in [4.78, 5) is 22.8. The molecule has 0 saturated carbocycles. The molecule has 0 atom stereocenters. The number of aromatic nitrogens is 2. The standard InChI is InChI=1S/C13H10N2O5/c16-12-11(13(17)18)8(6-14-15-12)7-1-2-9-10(5-7)20-4-3-19-9/h1-2,5-6H,3-4H2,(H,15,16)(H,17,18). The van der Waals surface area contributed by atoms with Gasteiger partial charge in [0.05, 0.1) is 6.20 Å². The van der Waals surface area contributed by atoms with Crippen molar-refractivity contribution >= 4 is 5.97 Å². The quantitative estimate of drug-likeness (QED) is 0.843. The van der Waals surface area contributed by atoms with Gasteiger partial charge in [-0.15, -0.1) is 0 Å². The normalized spacial score (nSPS) is 13.0. The molecule has 1 aromatic carbocycles. The molecule has 0 bridgehead atoms. The van der Waals surface area contributed by atoms with Gasteiger partial charge < -0.3 is 14.6 Å². The smallest absolute Gasteiger partial charge is 0.342 e. The van der Waals surface area contributed by atoms with Crippen molar-refractivity contribution in [2.24, 2.45) is 0 Å². The van der Waals surface area contributed by atoms with E-state index in [1.54, 1.807) is 18.2 Å². The van der Waals surface area contributed by atoms with Crippen molar-refractivity contribution in [1.82, 2.24) is 10.2 Å². The van der Waals surface area contributed by atoms with Crippen molar-refractivity contribution in [1.29, 1.82) is 0 Å². The summed E-state index contributed by atoms with van der Waals surface area (Å²) < 4.78 is 10.8. The minimum Gasteiger partial charge on any atom is -0.486 e. The monoisotopic (exact) mass is 274 g/mol. The molecule has 0 fully saturated rings. The van der Waals surface area contributed by atoms with Gasteiger partial charge in [0, 0.05) is 5.56 Å². The first-order valence-corrected chi connectivity index (χ1v) is 5.88. The first-order valence-electron chi connectivity index (χ1n) is 5.88. The van der Waals surface area contributed by atoms with Gasteiger partial charge in [0.1, 0.15) is 18.8 Å².